The van der Waals surface area contributed by atoms with Gasteiger partial charge in [0.2, 0.25) is 5.88 Å². The van der Waals surface area contributed by atoms with Crippen molar-refractivity contribution in [3.05, 3.63) is 58.8 Å². The van der Waals surface area contributed by atoms with Gasteiger partial charge in [-0.1, -0.05) is 23.8 Å². The maximum atomic E-state index is 12.9. The van der Waals surface area contributed by atoms with E-state index in [-0.39, 0.29) is 5.88 Å². The van der Waals surface area contributed by atoms with Crippen LogP contribution < -0.4 is 4.74 Å². The van der Waals surface area contributed by atoms with Gasteiger partial charge in [0, 0.05) is 18.9 Å². The van der Waals surface area contributed by atoms with Crippen molar-refractivity contribution >= 4 is 6.08 Å². The smallest absolute Gasteiger partial charge is 0.419 e. The number of halogens is 3. The maximum Gasteiger partial charge on any atom is 0.419 e. The first-order chi connectivity index (χ1) is 14.4. The molecule has 1 aliphatic heterocycles. The minimum absolute atomic E-state index is 0.0699. The number of nitrogens with zero attached hydrogens (tertiary/aromatic N) is 2. The number of nitriles is 1. The Morgan fingerprint density at radius 1 is 1.10 bits per heavy atom. The van der Waals surface area contributed by atoms with Crippen LogP contribution in [0.3, 0.4) is 0 Å². The molecule has 1 saturated heterocycles. The van der Waals surface area contributed by atoms with E-state index >= 15 is 0 Å². The molecule has 0 atom stereocenters. The van der Waals surface area contributed by atoms with E-state index in [1.54, 1.807) is 18.2 Å². The van der Waals surface area contributed by atoms with Crippen molar-refractivity contribution < 1.29 is 27.4 Å². The molecule has 2 aliphatic rings. The lowest BCUT2D eigenvalue weighted by Crippen LogP contribution is -2.33. The van der Waals surface area contributed by atoms with Crippen molar-refractivity contribution in [1.29, 1.82) is 5.26 Å². The van der Waals surface area contributed by atoms with Crippen molar-refractivity contribution in [2.75, 3.05) is 13.2 Å². The van der Waals surface area contributed by atoms with E-state index in [0.29, 0.717) is 19.0 Å². The van der Waals surface area contributed by atoms with E-state index in [1.807, 2.05) is 6.07 Å². The van der Waals surface area contributed by atoms with Crippen LogP contribution in [0.1, 0.15) is 42.5 Å². The zero-order valence-electron chi connectivity index (χ0n) is 16.0. The number of allylic oxidation sites excluding steroid dienone is 1. The lowest BCUT2D eigenvalue weighted by Gasteiger charge is -2.32. The van der Waals surface area contributed by atoms with E-state index in [9.17, 15) is 13.2 Å². The number of rotatable bonds is 3. The summed E-state index contributed by atoms with van der Waals surface area (Å²) in [5.41, 5.74) is 0.391. The summed E-state index contributed by atoms with van der Waals surface area (Å²) < 4.78 is 55.8. The number of ether oxygens (including phenoxy) is 3. The Labute approximate surface area is 171 Å². The molecule has 0 radical (unpaired) electrons. The number of aromatic nitrogens is 1. The van der Waals surface area contributed by atoms with Gasteiger partial charge in [-0.15, -0.1) is 0 Å². The summed E-state index contributed by atoms with van der Waals surface area (Å²) in [6.45, 7) is 1.29. The minimum atomic E-state index is -4.64. The first-order valence-electron chi connectivity index (χ1n) is 9.61. The van der Waals surface area contributed by atoms with Crippen LogP contribution in [0.4, 0.5) is 13.2 Å². The standard InChI is InChI=1S/C22H19F3N2O3/c23-22(24,25)18-4-5-20(27-19(18)14-26)30-17-3-1-2-16(13-17)12-15-6-8-21(9-7-15)28-10-11-29-21/h1-5,12-13H,6-11H2. The summed E-state index contributed by atoms with van der Waals surface area (Å²) >= 11 is 0. The van der Waals surface area contributed by atoms with Gasteiger partial charge in [0.25, 0.3) is 0 Å². The second kappa shape index (κ2) is 8.09. The summed E-state index contributed by atoms with van der Waals surface area (Å²) in [6.07, 6.45) is 0.822. The van der Waals surface area contributed by atoms with Crippen LogP contribution in [0, 0.1) is 11.3 Å². The first-order valence-corrected chi connectivity index (χ1v) is 9.61. The predicted octanol–water partition coefficient (Wildman–Crippen LogP) is 5.46. The Kier molecular flexibility index (Phi) is 5.50. The molecule has 156 valence electrons. The molecule has 0 amide bonds. The Morgan fingerprint density at radius 3 is 2.50 bits per heavy atom. The quantitative estimate of drug-likeness (QED) is 0.664. The number of hydrogen-bond donors (Lipinski definition) is 0. The lowest BCUT2D eigenvalue weighted by atomic mass is 9.88. The van der Waals surface area contributed by atoms with Gasteiger partial charge < -0.3 is 14.2 Å². The van der Waals surface area contributed by atoms with E-state index in [0.717, 1.165) is 43.4 Å². The number of hydrogen-bond acceptors (Lipinski definition) is 5. The summed E-state index contributed by atoms with van der Waals surface area (Å²) in [4.78, 5) is 3.69. The molecule has 2 heterocycles. The highest BCUT2D eigenvalue weighted by molar-refractivity contribution is 5.55. The van der Waals surface area contributed by atoms with Crippen LogP contribution in [-0.4, -0.2) is 24.0 Å². The highest BCUT2D eigenvalue weighted by Crippen LogP contribution is 2.39. The van der Waals surface area contributed by atoms with Gasteiger partial charge in [-0.3, -0.25) is 0 Å². The number of pyridine rings is 1. The second-order valence-corrected chi connectivity index (χ2v) is 7.24. The summed E-state index contributed by atoms with van der Waals surface area (Å²) in [5, 5.41) is 8.98. The minimum Gasteiger partial charge on any atom is -0.439 e. The Morgan fingerprint density at radius 2 is 1.83 bits per heavy atom. The van der Waals surface area contributed by atoms with Gasteiger partial charge in [-0.2, -0.15) is 18.4 Å². The first kappa shape index (κ1) is 20.4. The van der Waals surface area contributed by atoms with Crippen LogP contribution in [0.25, 0.3) is 6.08 Å². The largest absolute Gasteiger partial charge is 0.439 e. The topological polar surface area (TPSA) is 64.4 Å². The third-order valence-electron chi connectivity index (χ3n) is 5.20. The summed E-state index contributed by atoms with van der Waals surface area (Å²) in [7, 11) is 0. The zero-order chi connectivity index (χ0) is 21.2. The highest BCUT2D eigenvalue weighted by Gasteiger charge is 2.38. The van der Waals surface area contributed by atoms with E-state index in [1.165, 1.54) is 11.6 Å². The van der Waals surface area contributed by atoms with Crippen molar-refractivity contribution in [3.8, 4) is 17.7 Å². The van der Waals surface area contributed by atoms with Crippen LogP contribution in [0.15, 0.2) is 42.0 Å². The number of benzene rings is 1. The SMILES string of the molecule is N#Cc1nc(Oc2cccc(C=C3CCC4(CC3)OCCO4)c2)ccc1C(F)(F)F. The Balaban J connectivity index is 1.47. The third kappa shape index (κ3) is 4.48. The van der Waals surface area contributed by atoms with Crippen molar-refractivity contribution in [3.63, 3.8) is 0 Å². The molecule has 30 heavy (non-hydrogen) atoms. The molecule has 2 aromatic rings. The van der Waals surface area contributed by atoms with Gasteiger partial charge in [0.15, 0.2) is 11.5 Å². The molecule has 4 rings (SSSR count). The fourth-order valence-electron chi connectivity index (χ4n) is 3.72. The van der Waals surface area contributed by atoms with Crippen LogP contribution >= 0.6 is 0 Å². The summed E-state index contributed by atoms with van der Waals surface area (Å²) in [5.74, 6) is -0.0654. The molecule has 1 aliphatic carbocycles. The molecule has 1 aromatic carbocycles. The van der Waals surface area contributed by atoms with Crippen molar-refractivity contribution in [2.45, 2.75) is 37.6 Å². The highest BCUT2D eigenvalue weighted by atomic mass is 19.4. The fourth-order valence-corrected chi connectivity index (χ4v) is 3.72. The molecule has 8 heteroatoms. The lowest BCUT2D eigenvalue weighted by molar-refractivity contribution is -0.171. The average Bonchev–Trinajstić information content (AvgIpc) is 3.17. The molecule has 1 saturated carbocycles. The maximum absolute atomic E-state index is 12.9. The van der Waals surface area contributed by atoms with Crippen LogP contribution in [-0.2, 0) is 15.7 Å². The molecular formula is C22H19F3N2O3. The average molecular weight is 416 g/mol. The summed E-state index contributed by atoms with van der Waals surface area (Å²) in [6, 6.07) is 10.6. The Hall–Kier alpha value is -2.89. The predicted molar refractivity (Wildman–Crippen MR) is 102 cm³/mol. The Bertz CT molecular complexity index is 993. The van der Waals surface area contributed by atoms with E-state index in [4.69, 9.17) is 19.5 Å². The molecule has 0 unspecified atom stereocenters. The molecule has 5 nitrogen and oxygen atoms in total. The molecule has 2 fully saturated rings. The molecule has 1 aromatic heterocycles. The van der Waals surface area contributed by atoms with Gasteiger partial charge in [-0.05, 0) is 36.6 Å². The van der Waals surface area contributed by atoms with Crippen molar-refractivity contribution in [2.24, 2.45) is 0 Å². The van der Waals surface area contributed by atoms with Gasteiger partial charge in [0.1, 0.15) is 11.8 Å². The molecule has 1 spiro atoms. The fraction of sp³-hybridized carbons (Fsp3) is 0.364. The third-order valence-corrected chi connectivity index (χ3v) is 5.20. The molecule has 0 N–H and O–H groups in total. The van der Waals surface area contributed by atoms with Crippen LogP contribution in [0.5, 0.6) is 11.6 Å². The normalized spacial score (nSPS) is 18.3. The van der Waals surface area contributed by atoms with E-state index in [2.05, 4.69) is 11.1 Å². The van der Waals surface area contributed by atoms with Gasteiger partial charge >= 0.3 is 6.18 Å². The van der Waals surface area contributed by atoms with E-state index < -0.39 is 23.2 Å². The molecular weight excluding hydrogens is 397 g/mol. The zero-order valence-corrected chi connectivity index (χ0v) is 16.0. The number of alkyl halides is 3. The monoisotopic (exact) mass is 416 g/mol. The van der Waals surface area contributed by atoms with Gasteiger partial charge in [-0.25, -0.2) is 4.98 Å². The van der Waals surface area contributed by atoms with Crippen LogP contribution in [0.2, 0.25) is 0 Å². The van der Waals surface area contributed by atoms with Gasteiger partial charge in [0.05, 0.1) is 18.8 Å². The van der Waals surface area contributed by atoms with Crippen molar-refractivity contribution in [1.82, 2.24) is 4.98 Å². The molecule has 0 bridgehead atoms. The second-order valence-electron chi connectivity index (χ2n) is 7.24.